The number of rotatable bonds is 2. The molecule has 1 aliphatic carbocycles. The van der Waals surface area contributed by atoms with Crippen molar-refractivity contribution >= 4 is 16.5 Å². The molecule has 0 aromatic carbocycles. The molecule has 2 unspecified atom stereocenters. The molecule has 1 heterocycles. The molecular weight excluding hydrogens is 220 g/mol. The van der Waals surface area contributed by atoms with Crippen LogP contribution in [0, 0.1) is 11.8 Å². The van der Waals surface area contributed by atoms with E-state index in [0.29, 0.717) is 17.0 Å². The highest BCUT2D eigenvalue weighted by atomic mass is 32.1. The molecule has 2 atom stereocenters. The molecule has 3 N–H and O–H groups in total. The van der Waals surface area contributed by atoms with Crippen molar-refractivity contribution in [2.75, 3.05) is 5.73 Å². The Morgan fingerprint density at radius 1 is 1.56 bits per heavy atom. The van der Waals surface area contributed by atoms with Gasteiger partial charge in [0.05, 0.1) is 4.88 Å². The molecule has 0 aliphatic heterocycles. The van der Waals surface area contributed by atoms with Crippen molar-refractivity contribution < 1.29 is 5.11 Å². The van der Waals surface area contributed by atoms with Gasteiger partial charge in [-0.2, -0.15) is 0 Å². The van der Waals surface area contributed by atoms with Gasteiger partial charge < -0.3 is 10.8 Å². The number of hydrogen-bond donors (Lipinski definition) is 2. The predicted molar refractivity (Wildman–Crippen MR) is 67.2 cm³/mol. The lowest BCUT2D eigenvalue weighted by Gasteiger charge is -2.41. The topological polar surface area (TPSA) is 59.1 Å². The minimum Gasteiger partial charge on any atom is -0.384 e. The standard InChI is InChI=1S/C12H20N2OS/c1-8(2)9-5-3-4-6-12(9,15)10-7-14-11(13)16-10/h7-9,15H,3-6H2,1-2H3,(H2,13,14). The molecule has 0 saturated heterocycles. The summed E-state index contributed by atoms with van der Waals surface area (Å²) in [7, 11) is 0. The molecule has 0 spiro atoms. The summed E-state index contributed by atoms with van der Waals surface area (Å²) < 4.78 is 0. The van der Waals surface area contributed by atoms with Crippen LogP contribution in [0.15, 0.2) is 6.20 Å². The normalized spacial score (nSPS) is 30.9. The molecule has 1 aromatic rings. The zero-order chi connectivity index (χ0) is 11.8. The molecule has 0 bridgehead atoms. The number of nitrogen functional groups attached to an aromatic ring is 1. The maximum Gasteiger partial charge on any atom is 0.180 e. The molecule has 0 radical (unpaired) electrons. The van der Waals surface area contributed by atoms with E-state index < -0.39 is 5.60 Å². The zero-order valence-electron chi connectivity index (χ0n) is 9.94. The fraction of sp³-hybridized carbons (Fsp3) is 0.750. The molecule has 1 aromatic heterocycles. The van der Waals surface area contributed by atoms with Gasteiger partial charge in [0.2, 0.25) is 0 Å². The minimum atomic E-state index is -0.693. The number of nitrogens with zero attached hydrogens (tertiary/aromatic N) is 1. The summed E-state index contributed by atoms with van der Waals surface area (Å²) in [6, 6.07) is 0. The van der Waals surface area contributed by atoms with E-state index >= 15 is 0 Å². The fourth-order valence-electron chi connectivity index (χ4n) is 2.86. The van der Waals surface area contributed by atoms with Crippen molar-refractivity contribution in [3.8, 4) is 0 Å². The Morgan fingerprint density at radius 3 is 2.88 bits per heavy atom. The van der Waals surface area contributed by atoms with Gasteiger partial charge in [0.1, 0.15) is 5.60 Å². The summed E-state index contributed by atoms with van der Waals surface area (Å²) in [5.41, 5.74) is 4.97. The first-order valence-electron chi connectivity index (χ1n) is 5.98. The van der Waals surface area contributed by atoms with E-state index in [0.717, 1.165) is 24.1 Å². The van der Waals surface area contributed by atoms with Crippen molar-refractivity contribution in [1.29, 1.82) is 0 Å². The first-order valence-corrected chi connectivity index (χ1v) is 6.80. The smallest absolute Gasteiger partial charge is 0.180 e. The van der Waals surface area contributed by atoms with Gasteiger partial charge in [0.25, 0.3) is 0 Å². The number of thiazole rings is 1. The summed E-state index contributed by atoms with van der Waals surface area (Å²) in [5, 5.41) is 11.5. The summed E-state index contributed by atoms with van der Waals surface area (Å²) in [5.74, 6) is 0.828. The Bertz CT molecular complexity index is 364. The minimum absolute atomic E-state index is 0.334. The van der Waals surface area contributed by atoms with Crippen LogP contribution >= 0.6 is 11.3 Å². The average molecular weight is 240 g/mol. The molecular formula is C12H20N2OS. The van der Waals surface area contributed by atoms with Gasteiger partial charge in [-0.25, -0.2) is 4.98 Å². The molecule has 1 fully saturated rings. The number of aromatic nitrogens is 1. The molecule has 4 heteroatoms. The maximum atomic E-state index is 10.9. The number of aliphatic hydroxyl groups is 1. The van der Waals surface area contributed by atoms with Crippen LogP contribution < -0.4 is 5.73 Å². The van der Waals surface area contributed by atoms with Gasteiger partial charge in [0.15, 0.2) is 5.13 Å². The Hall–Kier alpha value is -0.610. The Kier molecular flexibility index (Phi) is 3.22. The second-order valence-corrected chi connectivity index (χ2v) is 6.15. The van der Waals surface area contributed by atoms with Gasteiger partial charge in [-0.15, -0.1) is 0 Å². The SMILES string of the molecule is CC(C)C1CCCCC1(O)c1cnc(N)s1. The Morgan fingerprint density at radius 2 is 2.31 bits per heavy atom. The number of nitrogens with two attached hydrogens (primary N) is 1. The van der Waals surface area contributed by atoms with Crippen LogP contribution in [-0.2, 0) is 5.60 Å². The van der Waals surface area contributed by atoms with Gasteiger partial charge in [-0.1, -0.05) is 38.0 Å². The van der Waals surface area contributed by atoms with Gasteiger partial charge in [-0.05, 0) is 24.7 Å². The van der Waals surface area contributed by atoms with E-state index in [1.807, 2.05) is 0 Å². The van der Waals surface area contributed by atoms with Crippen LogP contribution in [0.2, 0.25) is 0 Å². The van der Waals surface area contributed by atoms with Crippen LogP contribution in [0.5, 0.6) is 0 Å². The van der Waals surface area contributed by atoms with Crippen molar-refractivity contribution in [3.63, 3.8) is 0 Å². The van der Waals surface area contributed by atoms with Crippen molar-refractivity contribution in [3.05, 3.63) is 11.1 Å². The lowest BCUT2D eigenvalue weighted by Crippen LogP contribution is -2.40. The highest BCUT2D eigenvalue weighted by Crippen LogP contribution is 2.46. The molecule has 3 nitrogen and oxygen atoms in total. The zero-order valence-corrected chi connectivity index (χ0v) is 10.8. The molecule has 1 aliphatic rings. The van der Waals surface area contributed by atoms with E-state index in [9.17, 15) is 5.11 Å². The van der Waals surface area contributed by atoms with E-state index in [-0.39, 0.29) is 0 Å². The maximum absolute atomic E-state index is 10.9. The summed E-state index contributed by atoms with van der Waals surface area (Å²) >= 11 is 1.43. The third-order valence-electron chi connectivity index (χ3n) is 3.69. The van der Waals surface area contributed by atoms with Crippen LogP contribution in [0.25, 0.3) is 0 Å². The lowest BCUT2D eigenvalue weighted by atomic mass is 9.69. The fourth-order valence-corrected chi connectivity index (χ4v) is 3.73. The van der Waals surface area contributed by atoms with Crippen LogP contribution in [0.4, 0.5) is 5.13 Å². The first-order chi connectivity index (χ1) is 7.54. The molecule has 1 saturated carbocycles. The van der Waals surface area contributed by atoms with Crippen LogP contribution in [0.1, 0.15) is 44.4 Å². The second kappa shape index (κ2) is 4.34. The van der Waals surface area contributed by atoms with E-state index in [2.05, 4.69) is 18.8 Å². The molecule has 2 rings (SSSR count). The Labute approximate surface area is 101 Å². The van der Waals surface area contributed by atoms with Crippen molar-refractivity contribution in [2.45, 2.75) is 45.1 Å². The molecule has 16 heavy (non-hydrogen) atoms. The predicted octanol–water partition coefficient (Wildman–Crippen LogP) is 2.76. The monoisotopic (exact) mass is 240 g/mol. The van der Waals surface area contributed by atoms with Crippen LogP contribution in [0.3, 0.4) is 0 Å². The van der Waals surface area contributed by atoms with E-state index in [1.54, 1.807) is 6.20 Å². The third kappa shape index (κ3) is 1.96. The Balaban J connectivity index is 2.32. The van der Waals surface area contributed by atoms with Gasteiger partial charge in [0, 0.05) is 6.20 Å². The highest BCUT2D eigenvalue weighted by Gasteiger charge is 2.43. The van der Waals surface area contributed by atoms with Gasteiger partial charge >= 0.3 is 0 Å². The number of anilines is 1. The number of hydrogen-bond acceptors (Lipinski definition) is 4. The van der Waals surface area contributed by atoms with Crippen molar-refractivity contribution in [2.24, 2.45) is 11.8 Å². The molecule has 90 valence electrons. The van der Waals surface area contributed by atoms with E-state index in [4.69, 9.17) is 5.73 Å². The second-order valence-electron chi connectivity index (χ2n) is 5.08. The van der Waals surface area contributed by atoms with Gasteiger partial charge in [-0.3, -0.25) is 0 Å². The third-order valence-corrected chi connectivity index (χ3v) is 4.68. The quantitative estimate of drug-likeness (QED) is 0.835. The van der Waals surface area contributed by atoms with E-state index in [1.165, 1.54) is 17.8 Å². The largest absolute Gasteiger partial charge is 0.384 e. The van der Waals surface area contributed by atoms with Crippen molar-refractivity contribution in [1.82, 2.24) is 4.98 Å². The summed E-state index contributed by atoms with van der Waals surface area (Å²) in [6.07, 6.45) is 6.01. The first kappa shape index (κ1) is 11.9. The lowest BCUT2D eigenvalue weighted by molar-refractivity contribution is -0.0693. The van der Waals surface area contributed by atoms with Crippen LogP contribution in [-0.4, -0.2) is 10.1 Å². The summed E-state index contributed by atoms with van der Waals surface area (Å²) in [4.78, 5) is 5.01. The highest BCUT2D eigenvalue weighted by molar-refractivity contribution is 7.15. The summed E-state index contributed by atoms with van der Waals surface area (Å²) in [6.45, 7) is 4.37. The average Bonchev–Trinajstić information content (AvgIpc) is 2.65. The molecule has 0 amide bonds.